The van der Waals surface area contributed by atoms with Gasteiger partial charge in [-0.15, -0.1) is 11.3 Å². The highest BCUT2D eigenvalue weighted by atomic mass is 32.2. The molecule has 2 aromatic heterocycles. The van der Waals surface area contributed by atoms with Gasteiger partial charge in [-0.2, -0.15) is 4.31 Å². The number of ether oxygens (including phenoxy) is 1. The number of fused-ring (bicyclic) bond motifs is 2. The molecule has 4 heterocycles. The predicted molar refractivity (Wildman–Crippen MR) is 155 cm³/mol. The van der Waals surface area contributed by atoms with Gasteiger partial charge in [0, 0.05) is 73.5 Å². The Labute approximate surface area is 246 Å². The number of nitrogens with one attached hydrogen (secondary N) is 5. The lowest BCUT2D eigenvalue weighted by Crippen LogP contribution is -2.57. The van der Waals surface area contributed by atoms with Crippen molar-refractivity contribution in [3.05, 3.63) is 45.4 Å². The molecule has 16 heteroatoms. The summed E-state index contributed by atoms with van der Waals surface area (Å²) in [4.78, 5) is 47.5. The van der Waals surface area contributed by atoms with E-state index in [1.54, 1.807) is 23.1 Å². The zero-order valence-corrected chi connectivity index (χ0v) is 24.9. The van der Waals surface area contributed by atoms with Crippen LogP contribution in [0.3, 0.4) is 0 Å². The fraction of sp³-hybridized carbons (Fsp3) is 0.423. The topological polar surface area (TPSA) is 190 Å². The van der Waals surface area contributed by atoms with Gasteiger partial charge in [-0.3, -0.25) is 20.3 Å². The maximum atomic E-state index is 13.7. The summed E-state index contributed by atoms with van der Waals surface area (Å²) in [6.45, 7) is 2.77. The predicted octanol–water partition coefficient (Wildman–Crippen LogP) is 0.991. The summed E-state index contributed by atoms with van der Waals surface area (Å²) in [6.07, 6.45) is -0.132. The average molecular weight is 617 g/mol. The smallest absolute Gasteiger partial charge is 0.412 e. The average Bonchev–Trinajstić information content (AvgIpc) is 3.60. The van der Waals surface area contributed by atoms with Gasteiger partial charge in [-0.25, -0.2) is 18.2 Å². The third kappa shape index (κ3) is 5.88. The number of sulfonamides is 1. The largest absolute Gasteiger partial charge is 0.453 e. The van der Waals surface area contributed by atoms with Crippen molar-refractivity contribution in [2.75, 3.05) is 33.8 Å². The molecule has 0 saturated carbocycles. The van der Waals surface area contributed by atoms with Gasteiger partial charge in [0.05, 0.1) is 18.8 Å². The van der Waals surface area contributed by atoms with Crippen molar-refractivity contribution in [3.8, 4) is 0 Å². The molecule has 14 nitrogen and oxygen atoms in total. The summed E-state index contributed by atoms with van der Waals surface area (Å²) >= 11 is 1.33. The SMILES string of the molecule is CNC(=O)CC1CN(S(=O)(=O)c2cc3cc(C(=N)NC(=O)OC)ccc3[nH]2)CCN1C(=O)c1nc2c(s1)CNC(C)C2. The van der Waals surface area contributed by atoms with E-state index in [2.05, 4.69) is 37.6 Å². The van der Waals surface area contributed by atoms with E-state index in [0.29, 0.717) is 28.0 Å². The quantitative estimate of drug-likeness (QED) is 0.200. The molecule has 42 heavy (non-hydrogen) atoms. The van der Waals surface area contributed by atoms with Crippen LogP contribution in [-0.4, -0.2) is 97.2 Å². The van der Waals surface area contributed by atoms with Crippen molar-refractivity contribution in [1.82, 2.24) is 35.1 Å². The number of amidine groups is 1. The Balaban J connectivity index is 1.37. The van der Waals surface area contributed by atoms with Crippen molar-refractivity contribution in [1.29, 1.82) is 5.41 Å². The summed E-state index contributed by atoms with van der Waals surface area (Å²) in [5.74, 6) is -0.817. The Hall–Kier alpha value is -3.86. The molecular weight excluding hydrogens is 584 g/mol. The molecule has 2 unspecified atom stereocenters. The minimum absolute atomic E-state index is 0.0380. The van der Waals surface area contributed by atoms with E-state index >= 15 is 0 Å². The molecule has 0 bridgehead atoms. The van der Waals surface area contributed by atoms with Crippen LogP contribution in [-0.2, 0) is 32.5 Å². The first-order valence-corrected chi connectivity index (χ1v) is 15.6. The lowest BCUT2D eigenvalue weighted by atomic mass is 10.1. The van der Waals surface area contributed by atoms with Gasteiger partial charge in [0.15, 0.2) is 5.01 Å². The summed E-state index contributed by atoms with van der Waals surface area (Å²) < 4.78 is 33.2. The molecule has 3 amide bonds. The molecule has 0 aliphatic carbocycles. The van der Waals surface area contributed by atoms with Crippen LogP contribution in [0.2, 0.25) is 0 Å². The Morgan fingerprint density at radius 1 is 1.24 bits per heavy atom. The first kappa shape index (κ1) is 29.6. The van der Waals surface area contributed by atoms with Crippen LogP contribution in [0.4, 0.5) is 4.79 Å². The first-order chi connectivity index (χ1) is 20.0. The Morgan fingerprint density at radius 2 is 2.02 bits per heavy atom. The van der Waals surface area contributed by atoms with Crippen molar-refractivity contribution in [2.45, 2.75) is 43.4 Å². The fourth-order valence-electron chi connectivity index (χ4n) is 5.09. The molecule has 2 aliphatic rings. The molecule has 1 aromatic carbocycles. The van der Waals surface area contributed by atoms with Crippen molar-refractivity contribution in [2.24, 2.45) is 0 Å². The maximum absolute atomic E-state index is 13.7. The fourth-order valence-corrected chi connectivity index (χ4v) is 7.57. The van der Waals surface area contributed by atoms with Crippen molar-refractivity contribution in [3.63, 3.8) is 0 Å². The van der Waals surface area contributed by atoms with Gasteiger partial charge in [0.25, 0.3) is 15.9 Å². The maximum Gasteiger partial charge on any atom is 0.412 e. The van der Waals surface area contributed by atoms with Crippen molar-refractivity contribution >= 4 is 56.0 Å². The number of aromatic amines is 1. The normalized spacial score (nSPS) is 19.3. The Morgan fingerprint density at radius 3 is 2.76 bits per heavy atom. The highest BCUT2D eigenvalue weighted by Gasteiger charge is 2.39. The van der Waals surface area contributed by atoms with Crippen LogP contribution in [0.15, 0.2) is 29.3 Å². The monoisotopic (exact) mass is 616 g/mol. The van der Waals surface area contributed by atoms with Gasteiger partial charge in [-0.1, -0.05) is 0 Å². The molecule has 1 fully saturated rings. The first-order valence-electron chi connectivity index (χ1n) is 13.3. The van der Waals surface area contributed by atoms with E-state index < -0.39 is 22.2 Å². The molecule has 3 aromatic rings. The third-order valence-electron chi connectivity index (χ3n) is 7.39. The molecule has 0 spiro atoms. The second-order valence-corrected chi connectivity index (χ2v) is 13.2. The van der Waals surface area contributed by atoms with Gasteiger partial charge >= 0.3 is 6.09 Å². The van der Waals surface area contributed by atoms with E-state index in [9.17, 15) is 22.8 Å². The molecule has 5 rings (SSSR count). The standard InChI is InChI=1S/C26H32N8O6S2/c1-14-8-19-20(12-29-14)41-24(31-19)25(36)34-7-6-33(13-17(34)11-21(35)28-2)42(38,39)22-10-16-9-15(4-5-18(16)30-22)23(27)32-26(37)40-3/h4-5,9-10,14,17,29-30H,6-8,11-13H2,1-3H3,(H,28,35)(H2,27,32,37). The molecule has 0 radical (unpaired) electrons. The number of nitrogens with zero attached hydrogens (tertiary/aromatic N) is 3. The summed E-state index contributed by atoms with van der Waals surface area (Å²) in [6, 6.07) is 5.80. The highest BCUT2D eigenvalue weighted by molar-refractivity contribution is 7.89. The van der Waals surface area contributed by atoms with E-state index in [4.69, 9.17) is 5.41 Å². The number of methoxy groups -OCH3 is 1. The molecule has 1 saturated heterocycles. The number of alkyl carbamates (subject to hydrolysis) is 1. The number of carbonyl (C=O) groups excluding carboxylic acids is 3. The number of carbonyl (C=O) groups is 3. The number of hydrogen-bond acceptors (Lipinski definition) is 10. The summed E-state index contributed by atoms with van der Waals surface area (Å²) in [5, 5.41) is 17.1. The number of rotatable bonds is 6. The Bertz CT molecular complexity index is 1670. The minimum Gasteiger partial charge on any atom is -0.453 e. The number of amides is 3. The number of thiazole rings is 1. The second-order valence-electron chi connectivity index (χ2n) is 10.2. The zero-order valence-electron chi connectivity index (χ0n) is 23.3. The summed E-state index contributed by atoms with van der Waals surface area (Å²) in [7, 11) is -1.35. The number of piperazine rings is 1. The number of hydrogen-bond donors (Lipinski definition) is 5. The van der Waals surface area contributed by atoms with Crippen LogP contribution in [0.5, 0.6) is 0 Å². The molecule has 2 aliphatic heterocycles. The molecule has 5 N–H and O–H groups in total. The lowest BCUT2D eigenvalue weighted by Gasteiger charge is -2.40. The van der Waals surface area contributed by atoms with Crippen LogP contribution in [0.1, 0.15) is 39.3 Å². The van der Waals surface area contributed by atoms with Crippen LogP contribution < -0.4 is 16.0 Å². The molecule has 2 atom stereocenters. The lowest BCUT2D eigenvalue weighted by molar-refractivity contribution is -0.121. The van der Waals surface area contributed by atoms with E-state index in [1.807, 2.05) is 0 Å². The van der Waals surface area contributed by atoms with Crippen LogP contribution in [0.25, 0.3) is 10.9 Å². The van der Waals surface area contributed by atoms with Gasteiger partial charge < -0.3 is 25.3 Å². The zero-order chi connectivity index (χ0) is 30.2. The molecular formula is C26H32N8O6S2. The van der Waals surface area contributed by atoms with Gasteiger partial charge in [-0.05, 0) is 31.2 Å². The Kier molecular flexibility index (Phi) is 8.32. The third-order valence-corrected chi connectivity index (χ3v) is 10.3. The number of benzene rings is 1. The number of H-pyrrole nitrogens is 1. The number of aromatic nitrogens is 2. The van der Waals surface area contributed by atoms with Gasteiger partial charge in [0.1, 0.15) is 10.9 Å². The van der Waals surface area contributed by atoms with Crippen molar-refractivity contribution < 1.29 is 27.5 Å². The van der Waals surface area contributed by atoms with E-state index in [-0.39, 0.29) is 54.8 Å². The van der Waals surface area contributed by atoms with Crippen LogP contribution in [0, 0.1) is 5.41 Å². The molecule has 224 valence electrons. The highest BCUT2D eigenvalue weighted by Crippen LogP contribution is 2.28. The summed E-state index contributed by atoms with van der Waals surface area (Å²) in [5.41, 5.74) is 1.79. The minimum atomic E-state index is -4.03. The van der Waals surface area contributed by atoms with E-state index in [0.717, 1.165) is 17.0 Å². The van der Waals surface area contributed by atoms with Crippen LogP contribution >= 0.6 is 11.3 Å². The van der Waals surface area contributed by atoms with Gasteiger partial charge in [0.2, 0.25) is 5.91 Å². The van der Waals surface area contributed by atoms with E-state index in [1.165, 1.54) is 35.9 Å². The second kappa shape index (κ2) is 11.8.